The Labute approximate surface area is 108 Å². The Bertz CT molecular complexity index is 394. The molecule has 1 fully saturated rings. The van der Waals surface area contributed by atoms with Crippen LogP contribution in [-0.4, -0.2) is 18.5 Å². The Balaban J connectivity index is 1.99. The maximum Gasteiger partial charge on any atom is 0.167 e. The molecule has 2 rings (SSSR count). The third-order valence-electron chi connectivity index (χ3n) is 2.96. The molecule has 0 bridgehead atoms. The van der Waals surface area contributed by atoms with Gasteiger partial charge in [0.25, 0.3) is 0 Å². The molecular weight excluding hydrogens is 287 g/mol. The van der Waals surface area contributed by atoms with Crippen LogP contribution < -0.4 is 0 Å². The predicted molar refractivity (Wildman–Crippen MR) is 66.6 cm³/mol. The lowest BCUT2D eigenvalue weighted by Crippen LogP contribution is -2.10. The Morgan fingerprint density at radius 3 is 3.00 bits per heavy atom. The van der Waals surface area contributed by atoms with Gasteiger partial charge in [-0.2, -0.15) is 0 Å². The van der Waals surface area contributed by atoms with Gasteiger partial charge in [0.05, 0.1) is 11.7 Å². The van der Waals surface area contributed by atoms with Gasteiger partial charge in [-0.1, -0.05) is 6.07 Å². The lowest BCUT2D eigenvalue weighted by molar-refractivity contribution is 0.0856. The van der Waals surface area contributed by atoms with Gasteiger partial charge in [-0.3, -0.25) is 4.79 Å². The van der Waals surface area contributed by atoms with E-state index in [2.05, 4.69) is 15.9 Å². The van der Waals surface area contributed by atoms with E-state index >= 15 is 0 Å². The number of ether oxygens (including phenoxy) is 1. The molecule has 0 amide bonds. The van der Waals surface area contributed by atoms with Crippen molar-refractivity contribution < 1.29 is 13.9 Å². The normalized spacial score (nSPS) is 19.5. The lowest BCUT2D eigenvalue weighted by Gasteiger charge is -2.09. The van der Waals surface area contributed by atoms with Crippen molar-refractivity contribution >= 4 is 21.7 Å². The maximum absolute atomic E-state index is 13.5. The molecule has 4 heteroatoms. The van der Waals surface area contributed by atoms with E-state index in [9.17, 15) is 9.18 Å². The molecule has 1 unspecified atom stereocenters. The summed E-state index contributed by atoms with van der Waals surface area (Å²) >= 11 is 3.21. The van der Waals surface area contributed by atoms with Crippen molar-refractivity contribution in [1.82, 2.24) is 0 Å². The number of hydrogen-bond acceptors (Lipinski definition) is 2. The zero-order chi connectivity index (χ0) is 12.3. The van der Waals surface area contributed by atoms with Crippen LogP contribution in [-0.2, 0) is 4.74 Å². The third kappa shape index (κ3) is 3.13. The van der Waals surface area contributed by atoms with Crippen LogP contribution >= 0.6 is 15.9 Å². The summed E-state index contributed by atoms with van der Waals surface area (Å²) in [6, 6.07) is 4.57. The number of carbonyl (C=O) groups is 1. The summed E-state index contributed by atoms with van der Waals surface area (Å²) in [7, 11) is 0. The number of halogens is 2. The number of carbonyl (C=O) groups excluding carboxylic acids is 1. The molecule has 2 nitrogen and oxygen atoms in total. The van der Waals surface area contributed by atoms with Crippen LogP contribution in [0.3, 0.4) is 0 Å². The molecular formula is C13H14BrFO2. The van der Waals surface area contributed by atoms with Gasteiger partial charge < -0.3 is 4.74 Å². The molecule has 1 aromatic carbocycles. The molecule has 0 spiro atoms. The van der Waals surface area contributed by atoms with Crippen LogP contribution in [0.15, 0.2) is 22.7 Å². The van der Waals surface area contributed by atoms with Gasteiger partial charge in [0.15, 0.2) is 5.78 Å². The number of hydrogen-bond donors (Lipinski definition) is 0. The molecule has 0 radical (unpaired) electrons. The van der Waals surface area contributed by atoms with Gasteiger partial charge in [0.2, 0.25) is 0 Å². The van der Waals surface area contributed by atoms with Gasteiger partial charge >= 0.3 is 0 Å². The van der Waals surface area contributed by atoms with E-state index in [0.29, 0.717) is 17.3 Å². The van der Waals surface area contributed by atoms with E-state index in [1.54, 1.807) is 12.1 Å². The van der Waals surface area contributed by atoms with Crippen LogP contribution in [0, 0.1) is 5.82 Å². The summed E-state index contributed by atoms with van der Waals surface area (Å²) < 4.78 is 19.5. The highest BCUT2D eigenvalue weighted by molar-refractivity contribution is 9.10. The van der Waals surface area contributed by atoms with Crippen molar-refractivity contribution in [3.8, 4) is 0 Å². The minimum absolute atomic E-state index is 0.158. The van der Waals surface area contributed by atoms with Gasteiger partial charge in [0.1, 0.15) is 5.82 Å². The van der Waals surface area contributed by atoms with Crippen LogP contribution in [0.2, 0.25) is 0 Å². The van der Waals surface area contributed by atoms with Crippen molar-refractivity contribution in [2.45, 2.75) is 31.8 Å². The van der Waals surface area contributed by atoms with E-state index < -0.39 is 5.82 Å². The maximum atomic E-state index is 13.5. The second-order valence-corrected chi connectivity index (χ2v) is 5.05. The van der Waals surface area contributed by atoms with Gasteiger partial charge in [-0.05, 0) is 47.3 Å². The molecule has 0 aromatic heterocycles. The van der Waals surface area contributed by atoms with Crippen LogP contribution in [0.1, 0.15) is 36.0 Å². The summed E-state index contributed by atoms with van der Waals surface area (Å²) in [4.78, 5) is 11.9. The average molecular weight is 301 g/mol. The van der Waals surface area contributed by atoms with E-state index in [0.717, 1.165) is 19.4 Å². The summed E-state index contributed by atoms with van der Waals surface area (Å²) in [5.74, 6) is -0.623. The van der Waals surface area contributed by atoms with Crippen molar-refractivity contribution in [3.05, 3.63) is 34.1 Å². The number of rotatable bonds is 4. The minimum atomic E-state index is -0.461. The Morgan fingerprint density at radius 1 is 1.53 bits per heavy atom. The summed E-state index contributed by atoms with van der Waals surface area (Å²) in [6.45, 7) is 0.780. The largest absolute Gasteiger partial charge is 0.378 e. The summed E-state index contributed by atoms with van der Waals surface area (Å²) in [6.07, 6.45) is 3.25. The van der Waals surface area contributed by atoms with Gasteiger partial charge in [-0.25, -0.2) is 4.39 Å². The first-order valence-electron chi connectivity index (χ1n) is 5.77. The minimum Gasteiger partial charge on any atom is -0.378 e. The zero-order valence-electron chi connectivity index (χ0n) is 9.42. The number of ketones is 1. The monoisotopic (exact) mass is 300 g/mol. The van der Waals surface area contributed by atoms with Crippen molar-refractivity contribution in [3.63, 3.8) is 0 Å². The summed E-state index contributed by atoms with van der Waals surface area (Å²) in [5, 5.41) is 0. The van der Waals surface area contributed by atoms with E-state index in [-0.39, 0.29) is 17.5 Å². The quantitative estimate of drug-likeness (QED) is 0.792. The van der Waals surface area contributed by atoms with Crippen molar-refractivity contribution in [2.75, 3.05) is 6.61 Å². The molecule has 0 N–H and O–H groups in total. The fraction of sp³-hybridized carbons (Fsp3) is 0.462. The molecule has 1 aliphatic rings. The molecule has 1 aromatic rings. The predicted octanol–water partition coefficient (Wildman–Crippen LogP) is 3.73. The van der Waals surface area contributed by atoms with Crippen LogP contribution in [0.5, 0.6) is 0 Å². The van der Waals surface area contributed by atoms with Crippen LogP contribution in [0.4, 0.5) is 4.39 Å². The fourth-order valence-electron chi connectivity index (χ4n) is 2.05. The number of Topliss-reactive ketones (excluding diaryl/α,β-unsaturated/α-hetero) is 1. The average Bonchev–Trinajstić information content (AvgIpc) is 2.79. The first kappa shape index (κ1) is 12.7. The van der Waals surface area contributed by atoms with Gasteiger partial charge in [-0.15, -0.1) is 0 Å². The molecule has 1 heterocycles. The highest BCUT2D eigenvalue weighted by atomic mass is 79.9. The van der Waals surface area contributed by atoms with E-state index in [1.165, 1.54) is 6.07 Å². The Morgan fingerprint density at radius 2 is 2.35 bits per heavy atom. The first-order valence-corrected chi connectivity index (χ1v) is 6.56. The highest BCUT2D eigenvalue weighted by Gasteiger charge is 2.20. The van der Waals surface area contributed by atoms with Crippen molar-refractivity contribution in [1.29, 1.82) is 0 Å². The first-order chi connectivity index (χ1) is 8.18. The summed E-state index contributed by atoms with van der Waals surface area (Å²) in [5.41, 5.74) is 0.158. The lowest BCUT2D eigenvalue weighted by atomic mass is 10.0. The molecule has 0 aliphatic carbocycles. The standard InChI is InChI=1S/C13H14BrFO2/c14-10-4-1-5-11(15)13(10)12(16)7-6-9-3-2-8-17-9/h1,4-5,9H,2-3,6-8H2. The zero-order valence-corrected chi connectivity index (χ0v) is 11.0. The highest BCUT2D eigenvalue weighted by Crippen LogP contribution is 2.23. The van der Waals surface area contributed by atoms with E-state index in [4.69, 9.17) is 4.74 Å². The van der Waals surface area contributed by atoms with Crippen molar-refractivity contribution in [2.24, 2.45) is 0 Å². The smallest absolute Gasteiger partial charge is 0.167 e. The molecule has 92 valence electrons. The molecule has 1 aliphatic heterocycles. The van der Waals surface area contributed by atoms with Crippen LogP contribution in [0.25, 0.3) is 0 Å². The molecule has 1 saturated heterocycles. The second kappa shape index (κ2) is 5.74. The van der Waals surface area contributed by atoms with E-state index in [1.807, 2.05) is 0 Å². The topological polar surface area (TPSA) is 26.3 Å². The second-order valence-electron chi connectivity index (χ2n) is 4.19. The van der Waals surface area contributed by atoms with Gasteiger partial charge in [0, 0.05) is 17.5 Å². The SMILES string of the molecule is O=C(CCC1CCCO1)c1c(F)cccc1Br. The molecule has 1 atom stereocenters. The Kier molecular flexibility index (Phi) is 4.29. The Hall–Kier alpha value is -0.740. The molecule has 0 saturated carbocycles. The molecule has 17 heavy (non-hydrogen) atoms. The fourth-order valence-corrected chi connectivity index (χ4v) is 2.62. The third-order valence-corrected chi connectivity index (χ3v) is 3.62. The number of benzene rings is 1.